The number of benzene rings is 3. The van der Waals surface area contributed by atoms with Crippen LogP contribution in [0, 0.1) is 0 Å². The molecule has 1 heterocycles. The average molecular weight is 474 g/mol. The predicted octanol–water partition coefficient (Wildman–Crippen LogP) is 3.39. The van der Waals surface area contributed by atoms with Crippen molar-refractivity contribution in [2.24, 2.45) is 0 Å². The van der Waals surface area contributed by atoms with E-state index in [0.717, 1.165) is 16.7 Å². The number of methoxy groups -OCH3 is 1. The van der Waals surface area contributed by atoms with Gasteiger partial charge in [-0.05, 0) is 34.9 Å². The van der Waals surface area contributed by atoms with Gasteiger partial charge in [0.05, 0.1) is 25.7 Å². The molecule has 0 bridgehead atoms. The molecule has 180 valence electrons. The number of ether oxygens (including phenoxy) is 3. The molecule has 0 aromatic heterocycles. The summed E-state index contributed by atoms with van der Waals surface area (Å²) in [6.45, 7) is 1.44. The Kier molecular flexibility index (Phi) is 5.94. The van der Waals surface area contributed by atoms with Crippen LogP contribution in [0.3, 0.4) is 0 Å². The van der Waals surface area contributed by atoms with Crippen molar-refractivity contribution in [2.75, 3.05) is 26.9 Å². The zero-order valence-corrected chi connectivity index (χ0v) is 19.5. The van der Waals surface area contributed by atoms with Gasteiger partial charge in [-0.2, -0.15) is 0 Å². The van der Waals surface area contributed by atoms with Crippen molar-refractivity contribution in [3.63, 3.8) is 0 Å². The Morgan fingerprint density at radius 1 is 0.943 bits per heavy atom. The summed E-state index contributed by atoms with van der Waals surface area (Å²) in [6, 6.07) is 22.5. The third-order valence-corrected chi connectivity index (χ3v) is 6.94. The first-order chi connectivity index (χ1) is 16.9. The minimum atomic E-state index is -1.39. The van der Waals surface area contributed by atoms with Gasteiger partial charge in [-0.1, -0.05) is 54.6 Å². The highest BCUT2D eigenvalue weighted by atomic mass is 16.5. The first-order valence-electron chi connectivity index (χ1n) is 11.5. The van der Waals surface area contributed by atoms with Crippen LogP contribution in [0.4, 0.5) is 0 Å². The van der Waals surface area contributed by atoms with Crippen LogP contribution in [0.1, 0.15) is 27.0 Å². The van der Waals surface area contributed by atoms with Gasteiger partial charge in [0.15, 0.2) is 11.5 Å². The number of carboxylic acid groups (broad SMARTS) is 1. The van der Waals surface area contributed by atoms with Crippen LogP contribution >= 0.6 is 0 Å². The highest BCUT2D eigenvalue weighted by Crippen LogP contribution is 2.36. The van der Waals surface area contributed by atoms with Crippen molar-refractivity contribution in [3.05, 3.63) is 95.1 Å². The zero-order chi connectivity index (χ0) is 24.5. The second-order valence-electron chi connectivity index (χ2n) is 9.26. The van der Waals surface area contributed by atoms with Crippen molar-refractivity contribution < 1.29 is 28.9 Å². The fourth-order valence-corrected chi connectivity index (χ4v) is 4.82. The molecule has 0 saturated carbocycles. The van der Waals surface area contributed by atoms with Gasteiger partial charge in [0, 0.05) is 18.4 Å². The van der Waals surface area contributed by atoms with Gasteiger partial charge in [-0.3, -0.25) is 4.79 Å². The van der Waals surface area contributed by atoms with E-state index in [-0.39, 0.29) is 18.3 Å². The fraction of sp³-hybridized carbons (Fsp3) is 0.286. The Bertz CT molecular complexity index is 1230. The lowest BCUT2D eigenvalue weighted by atomic mass is 9.79. The molecule has 7 nitrogen and oxygen atoms in total. The van der Waals surface area contributed by atoms with E-state index in [0.29, 0.717) is 36.9 Å². The fourth-order valence-electron chi connectivity index (χ4n) is 4.82. The summed E-state index contributed by atoms with van der Waals surface area (Å²) in [6.07, 6.45) is 0.479. The molecule has 5 rings (SSSR count). The molecule has 2 aliphatic rings. The molecule has 0 spiro atoms. The largest absolute Gasteiger partial charge is 0.493 e. The molecule has 3 aromatic carbocycles. The topological polar surface area (TPSA) is 94.1 Å². The summed E-state index contributed by atoms with van der Waals surface area (Å²) in [5.41, 5.74) is 1.64. The molecule has 2 N–H and O–H groups in total. The van der Waals surface area contributed by atoms with Gasteiger partial charge in [-0.25, -0.2) is 4.79 Å². The molecule has 1 aliphatic heterocycles. The molecule has 35 heavy (non-hydrogen) atoms. The van der Waals surface area contributed by atoms with E-state index in [1.165, 1.54) is 7.11 Å². The summed E-state index contributed by atoms with van der Waals surface area (Å²) < 4.78 is 17.1. The maximum absolute atomic E-state index is 13.2. The normalized spacial score (nSPS) is 17.1. The number of fused-ring (bicyclic) bond motifs is 1. The maximum atomic E-state index is 13.2. The highest BCUT2D eigenvalue weighted by Gasteiger charge is 2.45. The molecule has 1 aliphatic carbocycles. The number of aliphatic carboxylic acids is 1. The molecule has 1 amide bonds. The van der Waals surface area contributed by atoms with Crippen LogP contribution in [0.5, 0.6) is 11.5 Å². The Labute approximate surface area is 203 Å². The molecule has 0 unspecified atom stereocenters. The lowest BCUT2D eigenvalue weighted by Gasteiger charge is -2.41. The Balaban J connectivity index is 1.36. The van der Waals surface area contributed by atoms with Gasteiger partial charge in [0.2, 0.25) is 0 Å². The van der Waals surface area contributed by atoms with Crippen LogP contribution < -0.4 is 14.8 Å². The quantitative estimate of drug-likeness (QED) is 0.521. The Morgan fingerprint density at radius 3 is 2.17 bits per heavy atom. The van der Waals surface area contributed by atoms with Crippen LogP contribution in [0.2, 0.25) is 0 Å². The van der Waals surface area contributed by atoms with Crippen molar-refractivity contribution in [3.8, 4) is 11.5 Å². The smallest absolute Gasteiger partial charge is 0.330 e. The van der Waals surface area contributed by atoms with Gasteiger partial charge >= 0.3 is 5.97 Å². The number of hydrogen-bond donors (Lipinski definition) is 2. The second kappa shape index (κ2) is 9.07. The van der Waals surface area contributed by atoms with Gasteiger partial charge in [-0.15, -0.1) is 0 Å². The van der Waals surface area contributed by atoms with Crippen molar-refractivity contribution in [2.45, 2.75) is 23.8 Å². The summed E-state index contributed by atoms with van der Waals surface area (Å²) in [7, 11) is 1.54. The first-order valence-corrected chi connectivity index (χ1v) is 11.5. The number of rotatable bonds is 8. The number of amides is 1. The number of hydrogen-bond acceptors (Lipinski definition) is 5. The van der Waals surface area contributed by atoms with Gasteiger partial charge < -0.3 is 24.6 Å². The SMILES string of the molecule is COc1ccc(C(=O)NC2(C(=O)O)Cc3ccccc3C2)cc1OCC1(c2ccccc2)COC1. The van der Waals surface area contributed by atoms with Crippen molar-refractivity contribution >= 4 is 11.9 Å². The van der Waals surface area contributed by atoms with E-state index in [2.05, 4.69) is 17.4 Å². The number of carboxylic acids is 1. The third-order valence-electron chi connectivity index (χ3n) is 6.94. The molecule has 7 heteroatoms. The van der Waals surface area contributed by atoms with Crippen LogP contribution in [0.25, 0.3) is 0 Å². The monoisotopic (exact) mass is 473 g/mol. The molecular formula is C28H27NO6. The van der Waals surface area contributed by atoms with Gasteiger partial charge in [0.25, 0.3) is 5.91 Å². The maximum Gasteiger partial charge on any atom is 0.330 e. The summed E-state index contributed by atoms with van der Waals surface area (Å²) in [5, 5.41) is 12.8. The first kappa shape index (κ1) is 22.9. The zero-order valence-electron chi connectivity index (χ0n) is 19.5. The van der Waals surface area contributed by atoms with E-state index in [9.17, 15) is 14.7 Å². The standard InChI is InChI=1S/C28H27NO6/c1-33-23-12-11-19(13-24(23)35-18-27(16-34-17-27)22-9-3-2-4-10-22)25(30)29-28(26(31)32)14-20-7-5-6-8-21(20)15-28/h2-13H,14-18H2,1H3,(H,29,30)(H,31,32). The molecule has 0 radical (unpaired) electrons. The summed E-state index contributed by atoms with van der Waals surface area (Å²) >= 11 is 0. The van der Waals surface area contributed by atoms with Crippen molar-refractivity contribution in [1.29, 1.82) is 0 Å². The molecule has 3 aromatic rings. The number of carbonyl (C=O) groups excluding carboxylic acids is 1. The van der Waals surface area contributed by atoms with Crippen molar-refractivity contribution in [1.82, 2.24) is 5.32 Å². The minimum absolute atomic E-state index is 0.239. The van der Waals surface area contributed by atoms with E-state index in [1.54, 1.807) is 18.2 Å². The van der Waals surface area contributed by atoms with Crippen LogP contribution in [-0.4, -0.2) is 49.5 Å². The third kappa shape index (κ3) is 4.23. The van der Waals surface area contributed by atoms with E-state index >= 15 is 0 Å². The average Bonchev–Trinajstić information content (AvgIpc) is 3.23. The minimum Gasteiger partial charge on any atom is -0.493 e. The Morgan fingerprint density at radius 2 is 1.60 bits per heavy atom. The second-order valence-corrected chi connectivity index (χ2v) is 9.26. The van der Waals surface area contributed by atoms with Crippen LogP contribution in [0.15, 0.2) is 72.8 Å². The summed E-state index contributed by atoms with van der Waals surface area (Å²) in [4.78, 5) is 25.5. The predicted molar refractivity (Wildman–Crippen MR) is 129 cm³/mol. The number of carbonyl (C=O) groups is 2. The van der Waals surface area contributed by atoms with E-state index in [1.807, 2.05) is 42.5 Å². The lowest BCUT2D eigenvalue weighted by Crippen LogP contribution is -2.55. The van der Waals surface area contributed by atoms with E-state index in [4.69, 9.17) is 14.2 Å². The molecule has 1 fully saturated rings. The molecule has 1 saturated heterocycles. The van der Waals surface area contributed by atoms with Gasteiger partial charge in [0.1, 0.15) is 12.1 Å². The Hall–Kier alpha value is -3.84. The highest BCUT2D eigenvalue weighted by molar-refractivity contribution is 5.99. The molecular weight excluding hydrogens is 446 g/mol. The van der Waals surface area contributed by atoms with Crippen LogP contribution in [-0.2, 0) is 27.8 Å². The molecule has 0 atom stereocenters. The lowest BCUT2D eigenvalue weighted by molar-refractivity contribution is -0.144. The summed E-state index contributed by atoms with van der Waals surface area (Å²) in [5.74, 6) is -0.619. The van der Waals surface area contributed by atoms with E-state index < -0.39 is 17.4 Å². The number of nitrogens with one attached hydrogen (secondary N) is 1.